The predicted molar refractivity (Wildman–Crippen MR) is 77.3 cm³/mol. The largest absolute Gasteiger partial charge is 0.378 e. The lowest BCUT2D eigenvalue weighted by Gasteiger charge is -2.22. The van der Waals surface area contributed by atoms with Crippen molar-refractivity contribution in [1.29, 1.82) is 0 Å². The monoisotopic (exact) mass is 315 g/mol. The maximum atomic E-state index is 12.0. The Bertz CT molecular complexity index is 603. The maximum Gasteiger partial charge on any atom is 0.267 e. The number of carbonyl (C=O) groups excluding carboxylic acids is 1. The Labute approximate surface area is 124 Å². The van der Waals surface area contributed by atoms with Crippen LogP contribution in [-0.4, -0.2) is 38.1 Å². The highest BCUT2D eigenvalue weighted by Crippen LogP contribution is 2.15. The van der Waals surface area contributed by atoms with E-state index in [0.29, 0.717) is 6.54 Å². The van der Waals surface area contributed by atoms with Crippen LogP contribution in [0.3, 0.4) is 0 Å². The van der Waals surface area contributed by atoms with Crippen LogP contribution < -0.4 is 10.5 Å². The standard InChI is InChI=1S/C13H21N3O4S/c1-16-9-11(21(14,18)19)8-12(16)13(17)15-6-5-10-4-2-3-7-20-10/h8-10H,2-7H2,1H3,(H,15,17)(H2,14,18,19). The number of amides is 1. The number of carbonyl (C=O) groups is 1. The number of primary sulfonamides is 1. The molecule has 1 saturated heterocycles. The minimum Gasteiger partial charge on any atom is -0.378 e. The number of aryl methyl sites for hydroxylation is 1. The summed E-state index contributed by atoms with van der Waals surface area (Å²) >= 11 is 0. The van der Waals surface area contributed by atoms with Crippen LogP contribution in [0.2, 0.25) is 0 Å². The van der Waals surface area contributed by atoms with Crippen molar-refractivity contribution in [3.63, 3.8) is 0 Å². The lowest BCUT2D eigenvalue weighted by atomic mass is 10.1. The molecule has 0 saturated carbocycles. The third kappa shape index (κ3) is 4.29. The summed E-state index contributed by atoms with van der Waals surface area (Å²) in [5.74, 6) is -0.316. The first-order valence-electron chi connectivity index (χ1n) is 6.97. The van der Waals surface area contributed by atoms with Crippen molar-refractivity contribution in [2.45, 2.75) is 36.7 Å². The van der Waals surface area contributed by atoms with E-state index in [1.807, 2.05) is 0 Å². The molecule has 1 fully saturated rings. The van der Waals surface area contributed by atoms with Gasteiger partial charge in [0, 0.05) is 26.4 Å². The fourth-order valence-corrected chi connectivity index (χ4v) is 2.97. The number of rotatable bonds is 5. The van der Waals surface area contributed by atoms with E-state index in [4.69, 9.17) is 9.88 Å². The molecule has 8 heteroatoms. The van der Waals surface area contributed by atoms with E-state index >= 15 is 0 Å². The number of hydrogen-bond donors (Lipinski definition) is 2. The Morgan fingerprint density at radius 2 is 2.29 bits per heavy atom. The van der Waals surface area contributed by atoms with Gasteiger partial charge in [-0.05, 0) is 31.7 Å². The molecular formula is C13H21N3O4S. The molecule has 2 rings (SSSR count). The molecule has 0 spiro atoms. The van der Waals surface area contributed by atoms with Crippen molar-refractivity contribution in [3.8, 4) is 0 Å². The van der Waals surface area contributed by atoms with E-state index in [0.717, 1.165) is 32.3 Å². The first-order valence-corrected chi connectivity index (χ1v) is 8.51. The van der Waals surface area contributed by atoms with Crippen LogP contribution >= 0.6 is 0 Å². The minimum absolute atomic E-state index is 0.0641. The third-order valence-corrected chi connectivity index (χ3v) is 4.45. The summed E-state index contributed by atoms with van der Waals surface area (Å²) in [5, 5.41) is 7.82. The van der Waals surface area contributed by atoms with Gasteiger partial charge in [-0.2, -0.15) is 0 Å². The van der Waals surface area contributed by atoms with Crippen molar-refractivity contribution in [2.24, 2.45) is 12.2 Å². The molecule has 7 nitrogen and oxygen atoms in total. The zero-order valence-corrected chi connectivity index (χ0v) is 12.9. The molecule has 1 unspecified atom stereocenters. The highest BCUT2D eigenvalue weighted by Gasteiger charge is 2.18. The average molecular weight is 315 g/mol. The van der Waals surface area contributed by atoms with Gasteiger partial charge >= 0.3 is 0 Å². The number of ether oxygens (including phenoxy) is 1. The molecule has 0 bridgehead atoms. The molecule has 0 aromatic carbocycles. The van der Waals surface area contributed by atoms with Crippen molar-refractivity contribution >= 4 is 15.9 Å². The maximum absolute atomic E-state index is 12.0. The van der Waals surface area contributed by atoms with Gasteiger partial charge in [0.1, 0.15) is 10.6 Å². The van der Waals surface area contributed by atoms with Crippen LogP contribution in [0.1, 0.15) is 36.2 Å². The molecular weight excluding hydrogens is 294 g/mol. The number of nitrogens with zero attached hydrogens (tertiary/aromatic N) is 1. The van der Waals surface area contributed by atoms with Gasteiger partial charge in [0.15, 0.2) is 0 Å². The van der Waals surface area contributed by atoms with Gasteiger partial charge in [0.25, 0.3) is 5.91 Å². The number of aromatic nitrogens is 1. The SMILES string of the molecule is Cn1cc(S(N)(=O)=O)cc1C(=O)NCCC1CCCCO1. The highest BCUT2D eigenvalue weighted by atomic mass is 32.2. The quantitative estimate of drug-likeness (QED) is 0.818. The zero-order chi connectivity index (χ0) is 15.5. The van der Waals surface area contributed by atoms with Gasteiger partial charge in [-0.15, -0.1) is 0 Å². The van der Waals surface area contributed by atoms with Crippen molar-refractivity contribution in [2.75, 3.05) is 13.2 Å². The molecule has 3 N–H and O–H groups in total. The van der Waals surface area contributed by atoms with Crippen molar-refractivity contribution in [3.05, 3.63) is 18.0 Å². The van der Waals surface area contributed by atoms with Gasteiger partial charge in [-0.3, -0.25) is 4.79 Å². The highest BCUT2D eigenvalue weighted by molar-refractivity contribution is 7.89. The van der Waals surface area contributed by atoms with Gasteiger partial charge in [0.05, 0.1) is 6.10 Å². The van der Waals surface area contributed by atoms with Crippen LogP contribution in [0.25, 0.3) is 0 Å². The first-order chi connectivity index (χ1) is 9.88. The Kier molecular flexibility index (Phi) is 5.02. The van der Waals surface area contributed by atoms with Crippen LogP contribution in [0.4, 0.5) is 0 Å². The Morgan fingerprint density at radius 1 is 1.52 bits per heavy atom. The van der Waals surface area contributed by atoms with E-state index < -0.39 is 10.0 Å². The summed E-state index contributed by atoms with van der Waals surface area (Å²) in [4.78, 5) is 12.0. The zero-order valence-electron chi connectivity index (χ0n) is 12.0. The molecule has 1 aliphatic rings. The van der Waals surface area contributed by atoms with Crippen molar-refractivity contribution in [1.82, 2.24) is 9.88 Å². The van der Waals surface area contributed by atoms with E-state index in [1.165, 1.54) is 16.8 Å². The molecule has 21 heavy (non-hydrogen) atoms. The normalized spacial score (nSPS) is 19.4. The van der Waals surface area contributed by atoms with Gasteiger partial charge in [0.2, 0.25) is 10.0 Å². The number of hydrogen-bond acceptors (Lipinski definition) is 4. The van der Waals surface area contributed by atoms with Crippen LogP contribution in [0.5, 0.6) is 0 Å². The summed E-state index contributed by atoms with van der Waals surface area (Å²) in [6, 6.07) is 1.28. The second-order valence-corrected chi connectivity index (χ2v) is 6.81. The minimum atomic E-state index is -3.80. The Hall–Kier alpha value is -1.38. The lowest BCUT2D eigenvalue weighted by molar-refractivity contribution is 0.0117. The van der Waals surface area contributed by atoms with E-state index in [9.17, 15) is 13.2 Å². The van der Waals surface area contributed by atoms with E-state index in [-0.39, 0.29) is 22.6 Å². The fraction of sp³-hybridized carbons (Fsp3) is 0.615. The number of nitrogens with one attached hydrogen (secondary N) is 1. The second kappa shape index (κ2) is 6.59. The number of sulfonamides is 1. The van der Waals surface area contributed by atoms with Crippen LogP contribution in [0, 0.1) is 0 Å². The summed E-state index contributed by atoms with van der Waals surface area (Å²) in [6.45, 7) is 1.29. The Balaban J connectivity index is 1.90. The number of nitrogens with two attached hydrogens (primary N) is 1. The lowest BCUT2D eigenvalue weighted by Crippen LogP contribution is -2.30. The smallest absolute Gasteiger partial charge is 0.267 e. The fourth-order valence-electron chi connectivity index (χ4n) is 2.39. The molecule has 1 amide bonds. The van der Waals surface area contributed by atoms with Gasteiger partial charge < -0.3 is 14.6 Å². The van der Waals surface area contributed by atoms with Gasteiger partial charge in [-0.1, -0.05) is 0 Å². The molecule has 1 aromatic heterocycles. The molecule has 0 aliphatic carbocycles. The van der Waals surface area contributed by atoms with Crippen LogP contribution in [0.15, 0.2) is 17.2 Å². The topological polar surface area (TPSA) is 103 Å². The molecule has 118 valence electrons. The summed E-state index contributed by atoms with van der Waals surface area (Å²) in [7, 11) is -2.19. The molecule has 1 atom stereocenters. The molecule has 1 aromatic rings. The van der Waals surface area contributed by atoms with Crippen LogP contribution in [-0.2, 0) is 21.8 Å². The molecule has 1 aliphatic heterocycles. The van der Waals surface area contributed by atoms with Gasteiger partial charge in [-0.25, -0.2) is 13.6 Å². The summed E-state index contributed by atoms with van der Waals surface area (Å²) in [6.07, 6.45) is 5.58. The molecule has 0 radical (unpaired) electrons. The predicted octanol–water partition coefficient (Wildman–Crippen LogP) is 0.361. The second-order valence-electron chi connectivity index (χ2n) is 5.25. The third-order valence-electron chi connectivity index (χ3n) is 3.57. The molecule has 2 heterocycles. The Morgan fingerprint density at radius 3 is 2.86 bits per heavy atom. The van der Waals surface area contributed by atoms with Crippen molar-refractivity contribution < 1.29 is 17.9 Å². The summed E-state index contributed by atoms with van der Waals surface area (Å²) < 4.78 is 29.6. The first kappa shape index (κ1) is 16.0. The van der Waals surface area contributed by atoms with E-state index in [1.54, 1.807) is 7.05 Å². The summed E-state index contributed by atoms with van der Waals surface area (Å²) in [5.41, 5.74) is 0.267. The van der Waals surface area contributed by atoms with E-state index in [2.05, 4.69) is 5.32 Å². The average Bonchev–Trinajstić information content (AvgIpc) is 2.82.